The van der Waals surface area contributed by atoms with Crippen molar-refractivity contribution in [3.8, 4) is 0 Å². The molecule has 1 saturated heterocycles. The number of nitrogens with one attached hydrogen (secondary N) is 1. The molecule has 0 radical (unpaired) electrons. The minimum atomic E-state index is -3.79. The Labute approximate surface area is 136 Å². The molecule has 1 fully saturated rings. The number of hydrogen-bond acceptors (Lipinski definition) is 5. The molecule has 1 heterocycles. The minimum Gasteiger partial charge on any atom is -0.382 e. The molecule has 1 aromatic carbocycles. The molecule has 128 valence electrons. The second kappa shape index (κ2) is 7.39. The van der Waals surface area contributed by atoms with Crippen molar-refractivity contribution >= 4 is 15.9 Å². The van der Waals surface area contributed by atoms with Gasteiger partial charge in [-0.25, -0.2) is 13.1 Å². The van der Waals surface area contributed by atoms with E-state index in [-0.39, 0.29) is 4.90 Å². The Kier molecular flexibility index (Phi) is 5.74. The predicted molar refractivity (Wildman–Crippen MR) is 84.4 cm³/mol. The van der Waals surface area contributed by atoms with E-state index in [2.05, 4.69) is 4.72 Å². The minimum absolute atomic E-state index is 0.0981. The fourth-order valence-electron chi connectivity index (χ4n) is 2.28. The lowest BCUT2D eigenvalue weighted by Gasteiger charge is -2.30. The van der Waals surface area contributed by atoms with E-state index in [4.69, 9.17) is 4.74 Å². The van der Waals surface area contributed by atoms with Crippen LogP contribution in [0.1, 0.15) is 12.5 Å². The lowest BCUT2D eigenvalue weighted by atomic mass is 10.1. The van der Waals surface area contributed by atoms with E-state index in [0.717, 1.165) is 5.56 Å². The molecule has 7 nitrogen and oxygen atoms in total. The summed E-state index contributed by atoms with van der Waals surface area (Å²) in [6, 6.07) is 5.42. The average Bonchev–Trinajstić information content (AvgIpc) is 2.54. The summed E-state index contributed by atoms with van der Waals surface area (Å²) in [6.45, 7) is 4.95. The van der Waals surface area contributed by atoms with Crippen LogP contribution in [0.25, 0.3) is 0 Å². The Morgan fingerprint density at radius 1 is 1.26 bits per heavy atom. The zero-order valence-corrected chi connectivity index (χ0v) is 14.0. The highest BCUT2D eigenvalue weighted by molar-refractivity contribution is 7.89. The first-order chi connectivity index (χ1) is 10.8. The van der Waals surface area contributed by atoms with Gasteiger partial charge in [-0.05, 0) is 26.0 Å². The second-order valence-corrected chi connectivity index (χ2v) is 7.32. The van der Waals surface area contributed by atoms with Crippen LogP contribution in [0.5, 0.6) is 0 Å². The van der Waals surface area contributed by atoms with E-state index >= 15 is 0 Å². The zero-order chi connectivity index (χ0) is 17.0. The second-order valence-electron chi connectivity index (χ2n) is 5.61. The molecule has 0 saturated carbocycles. The summed E-state index contributed by atoms with van der Waals surface area (Å²) in [5, 5.41) is 10.1. The normalized spacial score (nSPS) is 18.5. The standard InChI is InChI=1S/C15H22N2O5S/c1-11-3-5-13(6-4-11)23(20,21)16-12(2)14(18)15(19)17-7-9-22-10-8-17/h3-6,12,14,16,18H,7-10H2,1-2H3/t12-,14+/m1/s1. The maximum Gasteiger partial charge on any atom is 0.253 e. The fourth-order valence-corrected chi connectivity index (χ4v) is 3.53. The molecule has 0 aromatic heterocycles. The number of hydrogen-bond donors (Lipinski definition) is 2. The molecular weight excluding hydrogens is 320 g/mol. The van der Waals surface area contributed by atoms with Crippen molar-refractivity contribution in [2.75, 3.05) is 26.3 Å². The number of carbonyl (C=O) groups excluding carboxylic acids is 1. The van der Waals surface area contributed by atoms with Gasteiger partial charge < -0.3 is 14.7 Å². The SMILES string of the molecule is Cc1ccc(S(=O)(=O)N[C@H](C)[C@H](O)C(=O)N2CCOCC2)cc1. The first-order valence-electron chi connectivity index (χ1n) is 7.45. The first kappa shape index (κ1) is 17.9. The molecule has 8 heteroatoms. The van der Waals surface area contributed by atoms with Crippen molar-refractivity contribution < 1.29 is 23.1 Å². The summed E-state index contributed by atoms with van der Waals surface area (Å²) >= 11 is 0. The number of rotatable bonds is 5. The van der Waals surface area contributed by atoms with Crippen LogP contribution < -0.4 is 4.72 Å². The number of sulfonamides is 1. The number of aliphatic hydroxyl groups excluding tert-OH is 1. The molecule has 0 spiro atoms. The van der Waals surface area contributed by atoms with E-state index in [1.54, 1.807) is 12.1 Å². The van der Waals surface area contributed by atoms with Crippen molar-refractivity contribution in [3.63, 3.8) is 0 Å². The van der Waals surface area contributed by atoms with Gasteiger partial charge in [-0.3, -0.25) is 4.79 Å². The van der Waals surface area contributed by atoms with Crippen molar-refractivity contribution in [2.24, 2.45) is 0 Å². The number of amides is 1. The Morgan fingerprint density at radius 3 is 2.39 bits per heavy atom. The number of nitrogens with zero attached hydrogens (tertiary/aromatic N) is 1. The highest BCUT2D eigenvalue weighted by Crippen LogP contribution is 2.12. The van der Waals surface area contributed by atoms with E-state index in [1.165, 1.54) is 24.0 Å². The molecule has 2 rings (SSSR count). The van der Waals surface area contributed by atoms with Crippen LogP contribution in [-0.4, -0.2) is 62.8 Å². The third kappa shape index (κ3) is 4.51. The molecule has 2 N–H and O–H groups in total. The largest absolute Gasteiger partial charge is 0.382 e. The molecule has 1 amide bonds. The quantitative estimate of drug-likeness (QED) is 0.778. The monoisotopic (exact) mass is 342 g/mol. The van der Waals surface area contributed by atoms with Gasteiger partial charge in [0.2, 0.25) is 10.0 Å². The fraction of sp³-hybridized carbons (Fsp3) is 0.533. The summed E-state index contributed by atoms with van der Waals surface area (Å²) in [5.74, 6) is -0.493. The summed E-state index contributed by atoms with van der Waals surface area (Å²) in [7, 11) is -3.79. The predicted octanol–water partition coefficient (Wildman–Crippen LogP) is -0.118. The van der Waals surface area contributed by atoms with Crippen molar-refractivity contribution in [2.45, 2.75) is 30.9 Å². The molecule has 1 aliphatic heterocycles. The summed E-state index contributed by atoms with van der Waals surface area (Å²) in [4.78, 5) is 13.8. The van der Waals surface area contributed by atoms with Gasteiger partial charge in [-0.15, -0.1) is 0 Å². The lowest BCUT2D eigenvalue weighted by Crippen LogP contribution is -2.52. The molecule has 0 unspecified atom stereocenters. The molecule has 2 atom stereocenters. The van der Waals surface area contributed by atoms with Gasteiger partial charge in [0, 0.05) is 13.1 Å². The number of ether oxygens (including phenoxy) is 1. The maximum atomic E-state index is 12.3. The van der Waals surface area contributed by atoms with Gasteiger partial charge in [0.15, 0.2) is 0 Å². The molecule has 1 aliphatic rings. The smallest absolute Gasteiger partial charge is 0.253 e. The van der Waals surface area contributed by atoms with E-state index in [9.17, 15) is 18.3 Å². The maximum absolute atomic E-state index is 12.3. The Bertz CT molecular complexity index is 638. The average molecular weight is 342 g/mol. The van der Waals surface area contributed by atoms with Crippen LogP contribution in [0.3, 0.4) is 0 Å². The van der Waals surface area contributed by atoms with Crippen molar-refractivity contribution in [1.82, 2.24) is 9.62 Å². The van der Waals surface area contributed by atoms with Crippen molar-refractivity contribution in [1.29, 1.82) is 0 Å². The van der Waals surface area contributed by atoms with E-state index in [0.29, 0.717) is 26.3 Å². The molecule has 23 heavy (non-hydrogen) atoms. The Hall–Kier alpha value is -1.48. The highest BCUT2D eigenvalue weighted by atomic mass is 32.2. The van der Waals surface area contributed by atoms with Crippen LogP contribution in [0, 0.1) is 6.92 Å². The summed E-state index contributed by atoms with van der Waals surface area (Å²) < 4.78 is 32.1. The number of aryl methyl sites for hydroxylation is 1. The van der Waals surface area contributed by atoms with Crippen LogP contribution in [0.2, 0.25) is 0 Å². The third-order valence-corrected chi connectivity index (χ3v) is 5.30. The van der Waals surface area contributed by atoms with Gasteiger partial charge in [0.1, 0.15) is 6.10 Å². The molecule has 0 aliphatic carbocycles. The molecule has 1 aromatic rings. The summed E-state index contributed by atoms with van der Waals surface area (Å²) in [6.07, 6.45) is -1.44. The number of aliphatic hydroxyl groups is 1. The topological polar surface area (TPSA) is 95.9 Å². The zero-order valence-electron chi connectivity index (χ0n) is 13.2. The Balaban J connectivity index is 2.03. The summed E-state index contributed by atoms with van der Waals surface area (Å²) in [5.41, 5.74) is 0.944. The van der Waals surface area contributed by atoms with Crippen LogP contribution in [0.15, 0.2) is 29.2 Å². The van der Waals surface area contributed by atoms with Crippen LogP contribution in [0.4, 0.5) is 0 Å². The molecular formula is C15H22N2O5S. The number of carbonyl (C=O) groups is 1. The van der Waals surface area contributed by atoms with E-state index in [1.807, 2.05) is 6.92 Å². The number of benzene rings is 1. The third-order valence-electron chi connectivity index (χ3n) is 3.72. The van der Waals surface area contributed by atoms with Crippen LogP contribution in [-0.2, 0) is 19.6 Å². The van der Waals surface area contributed by atoms with Crippen molar-refractivity contribution in [3.05, 3.63) is 29.8 Å². The van der Waals surface area contributed by atoms with Gasteiger partial charge in [0.05, 0.1) is 24.2 Å². The first-order valence-corrected chi connectivity index (χ1v) is 8.93. The van der Waals surface area contributed by atoms with Gasteiger partial charge in [0.25, 0.3) is 5.91 Å². The van der Waals surface area contributed by atoms with Gasteiger partial charge in [-0.2, -0.15) is 0 Å². The molecule has 0 bridgehead atoms. The highest BCUT2D eigenvalue weighted by Gasteiger charge is 2.31. The van der Waals surface area contributed by atoms with Gasteiger partial charge in [-0.1, -0.05) is 17.7 Å². The number of morpholine rings is 1. The van der Waals surface area contributed by atoms with Crippen LogP contribution >= 0.6 is 0 Å². The lowest BCUT2D eigenvalue weighted by molar-refractivity contribution is -0.145. The van der Waals surface area contributed by atoms with Gasteiger partial charge >= 0.3 is 0 Å². The van der Waals surface area contributed by atoms with E-state index < -0.39 is 28.1 Å². The Morgan fingerprint density at radius 2 is 1.83 bits per heavy atom.